The smallest absolute Gasteiger partial charge is 0.268 e. The van der Waals surface area contributed by atoms with E-state index in [9.17, 15) is 9.59 Å². The van der Waals surface area contributed by atoms with Crippen molar-refractivity contribution < 1.29 is 18.7 Å². The van der Waals surface area contributed by atoms with E-state index in [0.29, 0.717) is 23.6 Å². The molecular weight excluding hydrogens is 394 g/mol. The summed E-state index contributed by atoms with van der Waals surface area (Å²) in [5, 5.41) is 6.57. The Bertz CT molecular complexity index is 1170. The molecule has 2 amide bonds. The first kappa shape index (κ1) is 20.3. The van der Waals surface area contributed by atoms with E-state index in [2.05, 4.69) is 15.6 Å². The molecule has 31 heavy (non-hydrogen) atoms. The van der Waals surface area contributed by atoms with Crippen molar-refractivity contribution in [2.24, 2.45) is 0 Å². The molecule has 3 N–H and O–H groups in total. The Labute approximate surface area is 179 Å². The van der Waals surface area contributed by atoms with Crippen LogP contribution >= 0.6 is 0 Å². The van der Waals surface area contributed by atoms with E-state index < -0.39 is 6.04 Å². The van der Waals surface area contributed by atoms with E-state index in [1.54, 1.807) is 31.6 Å². The molecule has 2 aromatic heterocycles. The third kappa shape index (κ3) is 4.95. The van der Waals surface area contributed by atoms with Crippen molar-refractivity contribution >= 4 is 22.7 Å². The number of fused-ring (bicyclic) bond motifs is 1. The fraction of sp³-hybridized carbons (Fsp3) is 0.167. The molecule has 0 aliphatic carbocycles. The molecule has 2 heterocycles. The molecule has 0 fully saturated rings. The molecule has 0 aliphatic heterocycles. The molecular formula is C24H23N3O4. The average Bonchev–Trinajstić information content (AvgIpc) is 3.47. The Kier molecular flexibility index (Phi) is 6.03. The van der Waals surface area contributed by atoms with Crippen LogP contribution in [0.2, 0.25) is 0 Å². The zero-order chi connectivity index (χ0) is 21.6. The van der Waals surface area contributed by atoms with E-state index in [1.807, 2.05) is 48.5 Å². The van der Waals surface area contributed by atoms with Gasteiger partial charge in [0.15, 0.2) is 0 Å². The highest BCUT2D eigenvalue weighted by molar-refractivity contribution is 6.00. The van der Waals surface area contributed by atoms with Crippen molar-refractivity contribution in [2.45, 2.75) is 19.0 Å². The zero-order valence-electron chi connectivity index (χ0n) is 17.1. The van der Waals surface area contributed by atoms with E-state index in [0.717, 1.165) is 16.5 Å². The predicted octanol–water partition coefficient (Wildman–Crippen LogP) is 3.43. The highest BCUT2D eigenvalue weighted by Crippen LogP contribution is 2.21. The number of carbonyl (C=O) groups excluding carboxylic acids is 2. The highest BCUT2D eigenvalue weighted by Gasteiger charge is 2.23. The number of furan rings is 1. The van der Waals surface area contributed by atoms with Gasteiger partial charge in [-0.2, -0.15) is 0 Å². The Morgan fingerprint density at radius 2 is 1.90 bits per heavy atom. The molecule has 0 spiro atoms. The lowest BCUT2D eigenvalue weighted by Gasteiger charge is -2.18. The summed E-state index contributed by atoms with van der Waals surface area (Å²) in [5.41, 5.74) is 2.11. The summed E-state index contributed by atoms with van der Waals surface area (Å²) in [5.74, 6) is 0.693. The summed E-state index contributed by atoms with van der Waals surface area (Å²) in [6.45, 7) is 0.249. The minimum absolute atomic E-state index is 0.249. The summed E-state index contributed by atoms with van der Waals surface area (Å²) in [4.78, 5) is 28.9. The van der Waals surface area contributed by atoms with E-state index in [1.165, 1.54) is 0 Å². The molecule has 7 nitrogen and oxygen atoms in total. The Balaban J connectivity index is 1.51. The maximum atomic E-state index is 12.9. The quantitative estimate of drug-likeness (QED) is 0.409. The van der Waals surface area contributed by atoms with Crippen LogP contribution in [-0.2, 0) is 17.8 Å². The molecule has 0 saturated carbocycles. The van der Waals surface area contributed by atoms with Crippen LogP contribution in [0.4, 0.5) is 0 Å². The standard InChI is InChI=1S/C24H23N3O4/c1-30-18-10-9-17-13-22(26-20(17)14-18)24(29)27-21(12-16-6-3-2-4-7-16)23(28)25-15-19-8-5-11-31-19/h2-11,13-14,21,26H,12,15H2,1H3,(H,25,28)(H,27,29)/t21-/m0/s1. The van der Waals surface area contributed by atoms with Gasteiger partial charge in [-0.15, -0.1) is 0 Å². The van der Waals surface area contributed by atoms with Crippen LogP contribution in [0.15, 0.2) is 77.4 Å². The molecule has 2 aromatic carbocycles. The van der Waals surface area contributed by atoms with Crippen LogP contribution in [0, 0.1) is 0 Å². The second-order valence-electron chi connectivity index (χ2n) is 7.15. The molecule has 4 aromatic rings. The van der Waals surface area contributed by atoms with Crippen LogP contribution < -0.4 is 15.4 Å². The number of benzene rings is 2. The summed E-state index contributed by atoms with van der Waals surface area (Å²) in [7, 11) is 1.59. The third-order valence-electron chi connectivity index (χ3n) is 5.00. The molecule has 7 heteroatoms. The number of aromatic nitrogens is 1. The molecule has 4 rings (SSSR count). The van der Waals surface area contributed by atoms with Crippen molar-refractivity contribution in [1.29, 1.82) is 0 Å². The van der Waals surface area contributed by atoms with Gasteiger partial charge in [-0.25, -0.2) is 0 Å². The summed E-state index contributed by atoms with van der Waals surface area (Å²) >= 11 is 0. The van der Waals surface area contributed by atoms with Gasteiger partial charge in [-0.1, -0.05) is 30.3 Å². The molecule has 1 atom stereocenters. The summed E-state index contributed by atoms with van der Waals surface area (Å²) in [6, 6.07) is 19.6. The van der Waals surface area contributed by atoms with Gasteiger partial charge in [0.1, 0.15) is 23.2 Å². The number of carbonyl (C=O) groups is 2. The fourth-order valence-electron chi connectivity index (χ4n) is 3.36. The number of nitrogens with one attached hydrogen (secondary N) is 3. The van der Waals surface area contributed by atoms with Crippen LogP contribution in [0.25, 0.3) is 10.9 Å². The Hall–Kier alpha value is -4.00. The number of aromatic amines is 1. The second kappa shape index (κ2) is 9.21. The van der Waals surface area contributed by atoms with Gasteiger partial charge >= 0.3 is 0 Å². The van der Waals surface area contributed by atoms with Gasteiger partial charge in [0.25, 0.3) is 5.91 Å². The van der Waals surface area contributed by atoms with E-state index in [4.69, 9.17) is 9.15 Å². The van der Waals surface area contributed by atoms with Crippen molar-refractivity contribution in [3.05, 3.63) is 90.0 Å². The molecule has 0 radical (unpaired) electrons. The molecule has 0 unspecified atom stereocenters. The third-order valence-corrected chi connectivity index (χ3v) is 5.00. The van der Waals surface area contributed by atoms with Crippen molar-refractivity contribution in [3.8, 4) is 5.75 Å². The maximum absolute atomic E-state index is 12.9. The monoisotopic (exact) mass is 417 g/mol. The van der Waals surface area contributed by atoms with Gasteiger partial charge < -0.3 is 24.8 Å². The van der Waals surface area contributed by atoms with E-state index in [-0.39, 0.29) is 18.4 Å². The normalized spacial score (nSPS) is 11.8. The summed E-state index contributed by atoms with van der Waals surface area (Å²) in [6.07, 6.45) is 1.92. The number of H-pyrrole nitrogens is 1. The minimum atomic E-state index is -0.745. The zero-order valence-corrected chi connectivity index (χ0v) is 17.1. The van der Waals surface area contributed by atoms with Gasteiger partial charge in [-0.3, -0.25) is 9.59 Å². The average molecular weight is 417 g/mol. The first-order chi connectivity index (χ1) is 15.1. The van der Waals surface area contributed by atoms with Crippen molar-refractivity contribution in [1.82, 2.24) is 15.6 Å². The van der Waals surface area contributed by atoms with E-state index >= 15 is 0 Å². The van der Waals surface area contributed by atoms with Crippen LogP contribution in [0.5, 0.6) is 5.75 Å². The predicted molar refractivity (Wildman–Crippen MR) is 117 cm³/mol. The van der Waals surface area contributed by atoms with Crippen molar-refractivity contribution in [2.75, 3.05) is 7.11 Å². The van der Waals surface area contributed by atoms with Gasteiger partial charge in [0, 0.05) is 23.4 Å². The van der Waals surface area contributed by atoms with Crippen LogP contribution in [-0.4, -0.2) is 29.9 Å². The van der Waals surface area contributed by atoms with Crippen LogP contribution in [0.1, 0.15) is 21.8 Å². The Morgan fingerprint density at radius 3 is 2.65 bits per heavy atom. The molecule has 0 bridgehead atoms. The molecule has 158 valence electrons. The molecule has 0 saturated heterocycles. The SMILES string of the molecule is COc1ccc2cc(C(=O)N[C@@H](Cc3ccccc3)C(=O)NCc3ccco3)[nH]c2c1. The lowest BCUT2D eigenvalue weighted by atomic mass is 10.0. The Morgan fingerprint density at radius 1 is 1.06 bits per heavy atom. The number of amides is 2. The number of rotatable bonds is 8. The first-order valence-corrected chi connectivity index (χ1v) is 9.94. The number of hydrogen-bond donors (Lipinski definition) is 3. The fourth-order valence-corrected chi connectivity index (χ4v) is 3.36. The summed E-state index contributed by atoms with van der Waals surface area (Å²) < 4.78 is 10.5. The van der Waals surface area contributed by atoms with Gasteiger partial charge in [-0.05, 0) is 35.9 Å². The van der Waals surface area contributed by atoms with Crippen LogP contribution in [0.3, 0.4) is 0 Å². The lowest BCUT2D eigenvalue weighted by Crippen LogP contribution is -2.47. The second-order valence-corrected chi connectivity index (χ2v) is 7.15. The number of hydrogen-bond acceptors (Lipinski definition) is 4. The lowest BCUT2D eigenvalue weighted by molar-refractivity contribution is -0.123. The van der Waals surface area contributed by atoms with Gasteiger partial charge in [0.05, 0.1) is 19.9 Å². The minimum Gasteiger partial charge on any atom is -0.497 e. The highest BCUT2D eigenvalue weighted by atomic mass is 16.5. The number of methoxy groups -OCH3 is 1. The number of ether oxygens (including phenoxy) is 1. The van der Waals surface area contributed by atoms with Crippen molar-refractivity contribution in [3.63, 3.8) is 0 Å². The van der Waals surface area contributed by atoms with Gasteiger partial charge in [0.2, 0.25) is 5.91 Å². The maximum Gasteiger partial charge on any atom is 0.268 e. The first-order valence-electron chi connectivity index (χ1n) is 9.94. The largest absolute Gasteiger partial charge is 0.497 e. The topological polar surface area (TPSA) is 96.4 Å². The molecule has 0 aliphatic rings.